The van der Waals surface area contributed by atoms with Gasteiger partial charge < -0.3 is 24.0 Å². The number of anilines is 9. The lowest BCUT2D eigenvalue weighted by atomic mass is 9.33. The smallest absolute Gasteiger partial charge is 0.252 e. The van der Waals surface area contributed by atoms with Crippen LogP contribution in [0.15, 0.2) is 212 Å². The fourth-order valence-electron chi connectivity index (χ4n) is 10.1. The number of hydrogen-bond acceptors (Lipinski definition) is 4. The van der Waals surface area contributed by atoms with Crippen molar-refractivity contribution < 1.29 is 4.74 Å². The van der Waals surface area contributed by atoms with Crippen LogP contribution in [0.1, 0.15) is 0 Å². The maximum Gasteiger partial charge on any atom is 0.252 e. The molecule has 60 heavy (non-hydrogen) atoms. The zero-order valence-corrected chi connectivity index (χ0v) is 32.5. The Hall–Kier alpha value is -7.96. The molecule has 5 nitrogen and oxygen atoms in total. The van der Waals surface area contributed by atoms with Crippen molar-refractivity contribution in [3.63, 3.8) is 0 Å². The highest BCUT2D eigenvalue weighted by molar-refractivity contribution is 7.00. The Labute approximate surface area is 348 Å². The average molecular weight is 767 g/mol. The van der Waals surface area contributed by atoms with Gasteiger partial charge >= 0.3 is 0 Å². The third-order valence-electron chi connectivity index (χ3n) is 12.5. The lowest BCUT2D eigenvalue weighted by molar-refractivity contribution is 0.478. The van der Waals surface area contributed by atoms with Crippen molar-refractivity contribution in [3.05, 3.63) is 212 Å². The van der Waals surface area contributed by atoms with E-state index in [2.05, 4.69) is 232 Å². The standard InChI is InChI=1S/C54H35BN4O/c1-4-17-36(18-5-1)56-44-25-12-10-23-40(44)41-34-53-51(35-49(41)56)59(46-27-14-15-30-52(46)60-53)39-31-32-43-50(33-39)58(38-21-8-3-9-22-38)48-29-16-28-47-54(48)55(43)42-24-11-13-26-45(42)57(47)37-19-6-2-7-20-37/h1-35H. The number of rotatable bonds is 4. The van der Waals surface area contributed by atoms with E-state index in [0.717, 1.165) is 67.7 Å². The van der Waals surface area contributed by atoms with Gasteiger partial charge in [-0.25, -0.2) is 0 Å². The van der Waals surface area contributed by atoms with Gasteiger partial charge in [0.15, 0.2) is 11.5 Å². The number of hydrogen-bond donors (Lipinski definition) is 0. The molecule has 0 saturated heterocycles. The van der Waals surface area contributed by atoms with Crippen molar-refractivity contribution in [1.29, 1.82) is 0 Å². The largest absolute Gasteiger partial charge is 0.453 e. The molecule has 0 radical (unpaired) electrons. The average Bonchev–Trinajstić information content (AvgIpc) is 3.63. The quantitative estimate of drug-likeness (QED) is 0.167. The lowest BCUT2D eigenvalue weighted by Crippen LogP contribution is -2.61. The van der Waals surface area contributed by atoms with E-state index < -0.39 is 0 Å². The van der Waals surface area contributed by atoms with E-state index in [0.29, 0.717) is 0 Å². The van der Waals surface area contributed by atoms with Gasteiger partial charge in [0.2, 0.25) is 0 Å². The molecular formula is C54H35BN4O. The molecule has 10 aromatic rings. The summed E-state index contributed by atoms with van der Waals surface area (Å²) in [5.41, 5.74) is 17.3. The fourth-order valence-corrected chi connectivity index (χ4v) is 10.1. The highest BCUT2D eigenvalue weighted by atomic mass is 16.5. The Kier molecular flexibility index (Phi) is 7.04. The molecule has 4 heterocycles. The Morgan fingerprint density at radius 3 is 1.63 bits per heavy atom. The first-order valence-electron chi connectivity index (χ1n) is 20.6. The van der Waals surface area contributed by atoms with Crippen molar-refractivity contribution in [2.75, 3.05) is 14.7 Å². The number of fused-ring (bicyclic) bond motifs is 9. The molecule has 0 aliphatic carbocycles. The number of ether oxygens (including phenoxy) is 1. The molecular weight excluding hydrogens is 731 g/mol. The number of aromatic nitrogens is 1. The summed E-state index contributed by atoms with van der Waals surface area (Å²) in [5, 5.41) is 2.35. The second kappa shape index (κ2) is 12.8. The third-order valence-corrected chi connectivity index (χ3v) is 12.5. The van der Waals surface area contributed by atoms with Crippen LogP contribution in [0.4, 0.5) is 51.2 Å². The summed E-state index contributed by atoms with van der Waals surface area (Å²) in [6, 6.07) is 76.6. The van der Waals surface area contributed by atoms with Crippen LogP contribution in [0.3, 0.4) is 0 Å². The predicted molar refractivity (Wildman–Crippen MR) is 250 cm³/mol. The van der Waals surface area contributed by atoms with Gasteiger partial charge in [-0.1, -0.05) is 115 Å². The van der Waals surface area contributed by atoms with Crippen LogP contribution in [0.2, 0.25) is 0 Å². The van der Waals surface area contributed by atoms with Crippen molar-refractivity contribution in [1.82, 2.24) is 4.57 Å². The first-order valence-corrected chi connectivity index (χ1v) is 20.6. The van der Waals surface area contributed by atoms with Crippen molar-refractivity contribution >= 4 is 96.1 Å². The Morgan fingerprint density at radius 2 is 0.883 bits per heavy atom. The molecule has 9 aromatic carbocycles. The van der Waals surface area contributed by atoms with E-state index in [-0.39, 0.29) is 6.71 Å². The molecule has 13 rings (SSSR count). The van der Waals surface area contributed by atoms with Crippen LogP contribution in [-0.4, -0.2) is 11.3 Å². The van der Waals surface area contributed by atoms with Gasteiger partial charge in [0.1, 0.15) is 0 Å². The molecule has 0 saturated carbocycles. The van der Waals surface area contributed by atoms with Gasteiger partial charge in [-0.05, 0) is 113 Å². The van der Waals surface area contributed by atoms with Crippen LogP contribution in [-0.2, 0) is 0 Å². The minimum absolute atomic E-state index is 0.0295. The van der Waals surface area contributed by atoms with Crippen LogP contribution >= 0.6 is 0 Å². The molecule has 0 spiro atoms. The monoisotopic (exact) mass is 766 g/mol. The zero-order chi connectivity index (χ0) is 39.3. The molecule has 3 aliphatic heterocycles. The number of benzene rings is 9. The van der Waals surface area contributed by atoms with Crippen LogP contribution in [0.5, 0.6) is 11.5 Å². The minimum atomic E-state index is 0.0295. The fraction of sp³-hybridized carbons (Fsp3) is 0. The lowest BCUT2D eigenvalue weighted by Gasteiger charge is -2.44. The summed E-state index contributed by atoms with van der Waals surface area (Å²) < 4.78 is 9.20. The van der Waals surface area contributed by atoms with E-state index in [1.54, 1.807) is 0 Å². The Balaban J connectivity index is 1.06. The molecule has 0 fully saturated rings. The molecule has 0 N–H and O–H groups in total. The van der Waals surface area contributed by atoms with Gasteiger partial charge in [-0.15, -0.1) is 0 Å². The first kappa shape index (κ1) is 33.1. The summed E-state index contributed by atoms with van der Waals surface area (Å²) >= 11 is 0. The minimum Gasteiger partial charge on any atom is -0.453 e. The van der Waals surface area contributed by atoms with E-state index in [9.17, 15) is 0 Å². The van der Waals surface area contributed by atoms with Gasteiger partial charge in [-0.2, -0.15) is 0 Å². The summed E-state index contributed by atoms with van der Waals surface area (Å²) in [7, 11) is 0. The molecule has 0 unspecified atom stereocenters. The van der Waals surface area contributed by atoms with Gasteiger partial charge in [0.05, 0.1) is 22.4 Å². The number of nitrogens with zero attached hydrogens (tertiary/aromatic N) is 4. The second-order valence-electron chi connectivity index (χ2n) is 15.7. The van der Waals surface area contributed by atoms with Gasteiger partial charge in [0, 0.05) is 56.3 Å². The SMILES string of the molecule is c1ccc(N2c3ccccc3B3c4ccc(N5c6ccccc6Oc6cc7c8ccccc8n(-c8ccccc8)c7cc65)cc4N(c4ccccc4)c4cccc2c43)cc1. The van der Waals surface area contributed by atoms with Crippen LogP contribution in [0.25, 0.3) is 27.5 Å². The van der Waals surface area contributed by atoms with Crippen molar-refractivity contribution in [2.24, 2.45) is 0 Å². The summed E-state index contributed by atoms with van der Waals surface area (Å²) in [6.07, 6.45) is 0. The zero-order valence-electron chi connectivity index (χ0n) is 32.5. The molecule has 280 valence electrons. The molecule has 0 bridgehead atoms. The molecule has 6 heteroatoms. The highest BCUT2D eigenvalue weighted by Gasteiger charge is 2.43. The first-order chi connectivity index (χ1) is 29.8. The van der Waals surface area contributed by atoms with E-state index in [1.807, 2.05) is 0 Å². The van der Waals surface area contributed by atoms with E-state index in [1.165, 1.54) is 38.8 Å². The van der Waals surface area contributed by atoms with E-state index in [4.69, 9.17) is 4.74 Å². The predicted octanol–water partition coefficient (Wildman–Crippen LogP) is 12.4. The normalized spacial score (nSPS) is 13.3. The molecule has 1 aromatic heterocycles. The Bertz CT molecular complexity index is 3330. The van der Waals surface area contributed by atoms with Crippen molar-refractivity contribution in [3.8, 4) is 17.2 Å². The summed E-state index contributed by atoms with van der Waals surface area (Å²) in [6.45, 7) is 0.0295. The van der Waals surface area contributed by atoms with Gasteiger partial charge in [-0.3, -0.25) is 0 Å². The van der Waals surface area contributed by atoms with Crippen LogP contribution < -0.4 is 35.8 Å². The maximum absolute atomic E-state index is 6.83. The Morgan fingerprint density at radius 1 is 0.317 bits per heavy atom. The summed E-state index contributed by atoms with van der Waals surface area (Å²) in [5.74, 6) is 1.65. The summed E-state index contributed by atoms with van der Waals surface area (Å²) in [4.78, 5) is 7.29. The molecule has 0 atom stereocenters. The topological polar surface area (TPSA) is 23.9 Å². The highest BCUT2D eigenvalue weighted by Crippen LogP contribution is 2.54. The van der Waals surface area contributed by atoms with Gasteiger partial charge in [0.25, 0.3) is 6.71 Å². The molecule has 0 amide bonds. The van der Waals surface area contributed by atoms with Crippen LogP contribution in [0, 0.1) is 0 Å². The second-order valence-corrected chi connectivity index (χ2v) is 15.7. The van der Waals surface area contributed by atoms with Crippen molar-refractivity contribution in [2.45, 2.75) is 0 Å². The third kappa shape index (κ3) is 4.70. The number of para-hydroxylation sites is 7. The maximum atomic E-state index is 6.83. The van der Waals surface area contributed by atoms with E-state index >= 15 is 0 Å². The molecule has 3 aliphatic rings.